The van der Waals surface area contributed by atoms with Gasteiger partial charge in [0.05, 0.1) is 18.8 Å². The van der Waals surface area contributed by atoms with Gasteiger partial charge in [0.15, 0.2) is 11.9 Å². The molecule has 13 heteroatoms. The van der Waals surface area contributed by atoms with E-state index in [2.05, 4.69) is 10.1 Å². The SMILES string of the molecule is CC(C)OC(=O)C(C)NP(=O)(OCC1CC(C)(F)C(n2ccc(=O)[nH]c2=O)O1)Oc1ccccc1. The summed E-state index contributed by atoms with van der Waals surface area (Å²) >= 11 is 0. The molecular weight excluding hydrogens is 484 g/mol. The first-order chi connectivity index (χ1) is 16.4. The molecule has 2 aromatic rings. The number of aromatic nitrogens is 2. The highest BCUT2D eigenvalue weighted by molar-refractivity contribution is 7.52. The lowest BCUT2D eigenvalue weighted by atomic mass is 10.0. The molecule has 0 radical (unpaired) electrons. The van der Waals surface area contributed by atoms with Crippen LogP contribution in [0.15, 0.2) is 52.2 Å². The highest BCUT2D eigenvalue weighted by atomic mass is 31.2. The van der Waals surface area contributed by atoms with Gasteiger partial charge >= 0.3 is 19.4 Å². The average molecular weight is 513 g/mol. The normalized spacial score (nSPS) is 24.6. The Labute approximate surface area is 201 Å². The highest BCUT2D eigenvalue weighted by Gasteiger charge is 2.48. The van der Waals surface area contributed by atoms with Crippen molar-refractivity contribution in [3.8, 4) is 5.75 Å². The number of hydrogen-bond donors (Lipinski definition) is 2. The Morgan fingerprint density at radius 3 is 2.60 bits per heavy atom. The Morgan fingerprint density at radius 1 is 1.29 bits per heavy atom. The van der Waals surface area contributed by atoms with E-state index in [1.54, 1.807) is 44.2 Å². The Morgan fingerprint density at radius 2 is 1.97 bits per heavy atom. The number of carbonyl (C=O) groups excluding carboxylic acids is 1. The molecule has 0 spiro atoms. The maximum Gasteiger partial charge on any atom is 0.459 e. The van der Waals surface area contributed by atoms with Crippen LogP contribution in [0.3, 0.4) is 0 Å². The van der Waals surface area contributed by atoms with Crippen molar-refractivity contribution in [2.24, 2.45) is 0 Å². The van der Waals surface area contributed by atoms with Crippen molar-refractivity contribution in [1.29, 1.82) is 0 Å². The van der Waals surface area contributed by atoms with Crippen molar-refractivity contribution in [3.63, 3.8) is 0 Å². The van der Waals surface area contributed by atoms with Crippen LogP contribution in [-0.4, -0.2) is 46.0 Å². The zero-order valence-electron chi connectivity index (χ0n) is 19.8. The molecule has 35 heavy (non-hydrogen) atoms. The van der Waals surface area contributed by atoms with Crippen LogP contribution in [0.1, 0.15) is 40.3 Å². The number of alkyl halides is 1. The fourth-order valence-electron chi connectivity index (χ4n) is 3.50. The first-order valence-corrected chi connectivity index (χ1v) is 12.6. The standard InChI is InChI=1S/C22H29FN3O8P/c1-14(2)32-19(28)15(3)25-35(30,34-16-8-6-5-7-9-16)31-13-17-12-22(4,23)20(33-17)26-11-10-18(27)24-21(26)29/h5-11,14-15,17,20H,12-13H2,1-4H3,(H,25,30)(H,24,27,29). The molecule has 0 bridgehead atoms. The van der Waals surface area contributed by atoms with Crippen LogP contribution in [0.2, 0.25) is 0 Å². The van der Waals surface area contributed by atoms with Gasteiger partial charge in [-0.05, 0) is 39.8 Å². The van der Waals surface area contributed by atoms with E-state index in [-0.39, 0.29) is 24.9 Å². The van der Waals surface area contributed by atoms with Crippen LogP contribution in [-0.2, 0) is 23.4 Å². The lowest BCUT2D eigenvalue weighted by Crippen LogP contribution is -2.38. The number of aromatic amines is 1. The van der Waals surface area contributed by atoms with E-state index in [1.165, 1.54) is 13.8 Å². The summed E-state index contributed by atoms with van der Waals surface area (Å²) in [6, 6.07) is 8.20. The number of benzene rings is 1. The molecule has 0 amide bonds. The fourth-order valence-corrected chi connectivity index (χ4v) is 5.02. The van der Waals surface area contributed by atoms with Gasteiger partial charge in [0.25, 0.3) is 5.56 Å². The third-order valence-electron chi connectivity index (χ3n) is 5.02. The highest BCUT2D eigenvalue weighted by Crippen LogP contribution is 2.47. The number of nitrogens with zero attached hydrogens (tertiary/aromatic N) is 1. The van der Waals surface area contributed by atoms with E-state index in [0.717, 1.165) is 16.8 Å². The molecule has 1 aromatic heterocycles. The van der Waals surface area contributed by atoms with Gasteiger partial charge in [-0.25, -0.2) is 13.8 Å². The Hall–Kier alpha value is -2.79. The number of para-hydroxylation sites is 1. The molecule has 11 nitrogen and oxygen atoms in total. The van der Waals surface area contributed by atoms with Gasteiger partial charge in [0, 0.05) is 18.7 Å². The Bertz CT molecular complexity index is 1180. The first kappa shape index (κ1) is 26.8. The Balaban J connectivity index is 1.75. The number of hydrogen-bond acceptors (Lipinski definition) is 8. The average Bonchev–Trinajstić information content (AvgIpc) is 3.06. The number of halogens is 1. The van der Waals surface area contributed by atoms with Gasteiger partial charge in [-0.2, -0.15) is 5.09 Å². The van der Waals surface area contributed by atoms with Gasteiger partial charge < -0.3 is 14.0 Å². The van der Waals surface area contributed by atoms with E-state index in [4.69, 9.17) is 18.5 Å². The molecule has 1 aliphatic rings. The summed E-state index contributed by atoms with van der Waals surface area (Å²) in [7, 11) is -4.17. The van der Waals surface area contributed by atoms with E-state index in [1.807, 2.05) is 0 Å². The summed E-state index contributed by atoms with van der Waals surface area (Å²) in [6.45, 7) is 5.67. The zero-order chi connectivity index (χ0) is 25.8. The van der Waals surface area contributed by atoms with Crippen molar-refractivity contribution in [1.82, 2.24) is 14.6 Å². The van der Waals surface area contributed by atoms with E-state index in [0.29, 0.717) is 0 Å². The third-order valence-corrected chi connectivity index (χ3v) is 6.67. The maximum absolute atomic E-state index is 15.3. The van der Waals surface area contributed by atoms with Gasteiger partial charge in [0.1, 0.15) is 11.8 Å². The molecule has 192 valence electrons. The van der Waals surface area contributed by atoms with E-state index < -0.39 is 49.0 Å². The van der Waals surface area contributed by atoms with Crippen LogP contribution in [0.4, 0.5) is 4.39 Å². The van der Waals surface area contributed by atoms with Crippen LogP contribution in [0.5, 0.6) is 5.75 Å². The largest absolute Gasteiger partial charge is 0.462 e. The third kappa shape index (κ3) is 7.11. The Kier molecular flexibility index (Phi) is 8.32. The summed E-state index contributed by atoms with van der Waals surface area (Å²) in [6.07, 6.45) is -1.70. The minimum absolute atomic E-state index is 0.195. The molecule has 0 saturated carbocycles. The predicted octanol–water partition coefficient (Wildman–Crippen LogP) is 2.69. The van der Waals surface area contributed by atoms with Gasteiger partial charge in [-0.1, -0.05) is 18.2 Å². The van der Waals surface area contributed by atoms with Crippen LogP contribution in [0.25, 0.3) is 0 Å². The minimum Gasteiger partial charge on any atom is -0.462 e. The second-order valence-corrected chi connectivity index (χ2v) is 10.3. The van der Waals surface area contributed by atoms with E-state index in [9.17, 15) is 18.9 Å². The number of rotatable bonds is 10. The molecule has 5 unspecified atom stereocenters. The van der Waals surface area contributed by atoms with E-state index >= 15 is 4.39 Å². The van der Waals surface area contributed by atoms with Crippen molar-refractivity contribution >= 4 is 13.7 Å². The smallest absolute Gasteiger partial charge is 0.459 e. The number of carbonyl (C=O) groups is 1. The van der Waals surface area contributed by atoms with Gasteiger partial charge in [-0.3, -0.25) is 23.7 Å². The number of nitrogens with one attached hydrogen (secondary N) is 2. The maximum atomic E-state index is 15.3. The van der Waals surface area contributed by atoms with Crippen LogP contribution < -0.4 is 20.9 Å². The predicted molar refractivity (Wildman–Crippen MR) is 124 cm³/mol. The molecule has 0 aliphatic carbocycles. The van der Waals surface area contributed by atoms with Gasteiger partial charge in [0.2, 0.25) is 0 Å². The number of H-pyrrole nitrogens is 1. The van der Waals surface area contributed by atoms with Crippen molar-refractivity contribution in [2.75, 3.05) is 6.61 Å². The summed E-state index contributed by atoms with van der Waals surface area (Å²) < 4.78 is 51.7. The van der Waals surface area contributed by atoms with Crippen molar-refractivity contribution < 1.29 is 32.3 Å². The van der Waals surface area contributed by atoms with Crippen LogP contribution >= 0.6 is 7.75 Å². The fraction of sp³-hybridized carbons (Fsp3) is 0.500. The van der Waals surface area contributed by atoms with Crippen molar-refractivity contribution in [2.45, 2.75) is 64.3 Å². The minimum atomic E-state index is -4.17. The zero-order valence-corrected chi connectivity index (χ0v) is 20.7. The second-order valence-electron chi connectivity index (χ2n) is 8.64. The molecule has 1 aromatic carbocycles. The molecule has 2 N–H and O–H groups in total. The molecule has 1 aliphatic heterocycles. The van der Waals surface area contributed by atoms with Gasteiger partial charge in [-0.15, -0.1) is 0 Å². The molecule has 3 rings (SSSR count). The molecule has 1 saturated heterocycles. The van der Waals surface area contributed by atoms with Crippen molar-refractivity contribution in [3.05, 3.63) is 63.4 Å². The molecule has 5 atom stereocenters. The summed E-state index contributed by atoms with van der Waals surface area (Å²) in [5.74, 6) is -0.445. The lowest BCUT2D eigenvalue weighted by molar-refractivity contribution is -0.149. The van der Waals surface area contributed by atoms with Crippen LogP contribution in [0, 0.1) is 0 Å². The molecular formula is C22H29FN3O8P. The summed E-state index contributed by atoms with van der Waals surface area (Å²) in [5, 5.41) is 2.54. The molecule has 2 heterocycles. The lowest BCUT2D eigenvalue weighted by Gasteiger charge is -2.24. The summed E-state index contributed by atoms with van der Waals surface area (Å²) in [5.41, 5.74) is -3.45. The number of ether oxygens (including phenoxy) is 2. The molecule has 1 fully saturated rings. The monoisotopic (exact) mass is 513 g/mol. The first-order valence-electron chi connectivity index (χ1n) is 11.0. The topological polar surface area (TPSA) is 138 Å². The second kappa shape index (κ2) is 10.9. The number of esters is 1. The summed E-state index contributed by atoms with van der Waals surface area (Å²) in [4.78, 5) is 37.7. The quantitative estimate of drug-likeness (QED) is 0.363.